The molecule has 3 N–H and O–H groups in total. The Hall–Kier alpha value is -3.63. The zero-order chi connectivity index (χ0) is 34.4. The van der Waals surface area contributed by atoms with E-state index in [-0.39, 0.29) is 44.5 Å². The highest BCUT2D eigenvalue weighted by Crippen LogP contribution is 2.44. The number of aliphatic hydroxyl groups is 1. The average molecular weight is 705 g/mol. The Labute approximate surface area is 278 Å². The van der Waals surface area contributed by atoms with Crippen molar-refractivity contribution in [3.8, 4) is 22.8 Å². The summed E-state index contributed by atoms with van der Waals surface area (Å²) in [5, 5.41) is 14.0. The monoisotopic (exact) mass is 704 g/mol. The average Bonchev–Trinajstić information content (AvgIpc) is 3.39. The molecule has 3 heterocycles. The number of ether oxygens (including phenoxy) is 2. The quantitative estimate of drug-likeness (QED) is 0.144. The van der Waals surface area contributed by atoms with Crippen molar-refractivity contribution < 1.29 is 36.2 Å². The first kappa shape index (κ1) is 34.7. The lowest BCUT2D eigenvalue weighted by Gasteiger charge is -2.37. The number of para-hydroxylation sites is 1. The van der Waals surface area contributed by atoms with E-state index in [9.17, 15) is 22.3 Å². The van der Waals surface area contributed by atoms with Gasteiger partial charge < -0.3 is 24.3 Å². The smallest absolute Gasteiger partial charge is 0.281 e. The van der Waals surface area contributed by atoms with Crippen LogP contribution in [0.15, 0.2) is 53.7 Å². The Bertz CT molecular complexity index is 1910. The number of anilines is 2. The SMILES string of the molecule is COc1cccc(CNc2cnc(S(=O)(=O)Nc3nc(-c4ccc(F)c(F)c4)c(C4(O)COC4)s3)c(C)c2)c1O[Si](C)(C)C(C)(C)C. The summed E-state index contributed by atoms with van der Waals surface area (Å²) in [5.74, 6) is -0.837. The van der Waals surface area contributed by atoms with Gasteiger partial charge in [0.25, 0.3) is 18.3 Å². The first-order valence-corrected chi connectivity index (χ1v) is 20.0. The Morgan fingerprint density at radius 3 is 2.45 bits per heavy atom. The number of aromatic nitrogens is 2. The van der Waals surface area contributed by atoms with Crippen molar-refractivity contribution in [2.75, 3.05) is 30.4 Å². The molecule has 47 heavy (non-hydrogen) atoms. The fourth-order valence-corrected chi connectivity index (χ4v) is 8.12. The highest BCUT2D eigenvalue weighted by atomic mass is 32.2. The number of thiazole rings is 1. The second kappa shape index (κ2) is 12.8. The van der Waals surface area contributed by atoms with E-state index in [4.69, 9.17) is 13.9 Å². The van der Waals surface area contributed by atoms with Crippen molar-refractivity contribution in [2.24, 2.45) is 0 Å². The van der Waals surface area contributed by atoms with Crippen LogP contribution in [0.3, 0.4) is 0 Å². The maximum Gasteiger partial charge on any atom is 0.281 e. The van der Waals surface area contributed by atoms with Gasteiger partial charge in [0, 0.05) is 17.7 Å². The lowest BCUT2D eigenvalue weighted by Crippen LogP contribution is -2.46. The van der Waals surface area contributed by atoms with Crippen LogP contribution in [0.5, 0.6) is 11.5 Å². The third kappa shape index (κ3) is 7.13. The predicted molar refractivity (Wildman–Crippen MR) is 180 cm³/mol. The van der Waals surface area contributed by atoms with E-state index in [2.05, 4.69) is 53.9 Å². The number of hydrogen-bond acceptors (Lipinski definition) is 10. The third-order valence-corrected chi connectivity index (χ3v) is 15.4. The Morgan fingerprint density at radius 2 is 1.85 bits per heavy atom. The minimum Gasteiger partial charge on any atom is -0.541 e. The molecular formula is C32H38F2N4O6S2Si. The lowest BCUT2D eigenvalue weighted by atomic mass is 9.96. The molecule has 2 aromatic carbocycles. The van der Waals surface area contributed by atoms with Crippen LogP contribution in [0, 0.1) is 18.6 Å². The van der Waals surface area contributed by atoms with Gasteiger partial charge in [-0.1, -0.05) is 44.2 Å². The molecule has 0 bridgehead atoms. The van der Waals surface area contributed by atoms with Crippen LogP contribution in [0.25, 0.3) is 11.3 Å². The molecule has 0 atom stereocenters. The van der Waals surface area contributed by atoms with Crippen molar-refractivity contribution >= 4 is 40.5 Å². The highest BCUT2D eigenvalue weighted by molar-refractivity contribution is 7.92. The molecule has 0 radical (unpaired) electrons. The normalized spacial score (nSPS) is 14.8. The topological polar surface area (TPSA) is 132 Å². The third-order valence-electron chi connectivity index (χ3n) is 8.36. The van der Waals surface area contributed by atoms with Crippen molar-refractivity contribution in [1.82, 2.24) is 9.97 Å². The van der Waals surface area contributed by atoms with Crippen LogP contribution < -0.4 is 19.2 Å². The summed E-state index contributed by atoms with van der Waals surface area (Å²) in [6.07, 6.45) is 1.42. The summed E-state index contributed by atoms with van der Waals surface area (Å²) in [6.45, 7) is 12.7. The predicted octanol–water partition coefficient (Wildman–Crippen LogP) is 6.82. The maximum absolute atomic E-state index is 14.1. The number of methoxy groups -OCH3 is 1. The van der Waals surface area contributed by atoms with E-state index in [1.807, 2.05) is 18.2 Å². The summed E-state index contributed by atoms with van der Waals surface area (Å²) < 4.78 is 74.5. The molecule has 0 saturated carbocycles. The molecule has 0 unspecified atom stereocenters. The van der Waals surface area contributed by atoms with Gasteiger partial charge >= 0.3 is 0 Å². The summed E-state index contributed by atoms with van der Waals surface area (Å²) in [6, 6.07) is 10.6. The number of sulfonamides is 1. The number of rotatable bonds is 11. The molecule has 1 aliphatic heterocycles. The van der Waals surface area contributed by atoms with E-state index in [1.54, 1.807) is 20.1 Å². The van der Waals surface area contributed by atoms with E-state index < -0.39 is 35.6 Å². The zero-order valence-corrected chi connectivity index (χ0v) is 29.8. The summed E-state index contributed by atoms with van der Waals surface area (Å²) >= 11 is 0.886. The number of halogens is 2. The van der Waals surface area contributed by atoms with Gasteiger partial charge in [-0.15, -0.1) is 0 Å². The van der Waals surface area contributed by atoms with Gasteiger partial charge in [0.1, 0.15) is 5.60 Å². The molecule has 1 aliphatic rings. The molecule has 15 heteroatoms. The van der Waals surface area contributed by atoms with Crippen molar-refractivity contribution in [3.63, 3.8) is 0 Å². The van der Waals surface area contributed by atoms with Crippen LogP contribution >= 0.6 is 11.3 Å². The number of nitrogens with zero attached hydrogens (tertiary/aromatic N) is 2. The molecule has 0 amide bonds. The van der Waals surface area contributed by atoms with Crippen LogP contribution in [-0.2, 0) is 26.9 Å². The van der Waals surface area contributed by atoms with Gasteiger partial charge in [0.2, 0.25) is 0 Å². The summed E-state index contributed by atoms with van der Waals surface area (Å²) in [7, 11) is -4.82. The molecule has 5 rings (SSSR count). The van der Waals surface area contributed by atoms with Gasteiger partial charge in [0.15, 0.2) is 33.3 Å². The first-order valence-electron chi connectivity index (χ1n) is 14.8. The van der Waals surface area contributed by atoms with Crippen LogP contribution in [-0.4, -0.2) is 52.1 Å². The Balaban J connectivity index is 1.37. The Morgan fingerprint density at radius 1 is 1.13 bits per heavy atom. The van der Waals surface area contributed by atoms with E-state index in [0.717, 1.165) is 29.0 Å². The number of nitrogens with one attached hydrogen (secondary N) is 2. The molecule has 252 valence electrons. The van der Waals surface area contributed by atoms with Crippen LogP contribution in [0.1, 0.15) is 36.8 Å². The number of benzene rings is 2. The highest BCUT2D eigenvalue weighted by Gasteiger charge is 2.43. The fraction of sp³-hybridized carbons (Fsp3) is 0.375. The number of hydrogen-bond donors (Lipinski definition) is 3. The molecule has 4 aromatic rings. The van der Waals surface area contributed by atoms with Crippen LogP contribution in [0.2, 0.25) is 18.1 Å². The molecule has 10 nitrogen and oxygen atoms in total. The summed E-state index contributed by atoms with van der Waals surface area (Å²) in [5.41, 5.74) is 0.693. The maximum atomic E-state index is 14.1. The number of pyridine rings is 1. The second-order valence-corrected chi connectivity index (χ2v) is 20.3. The van der Waals surface area contributed by atoms with Gasteiger partial charge in [-0.3, -0.25) is 4.72 Å². The summed E-state index contributed by atoms with van der Waals surface area (Å²) in [4.78, 5) is 8.86. The minimum atomic E-state index is -4.23. The lowest BCUT2D eigenvalue weighted by molar-refractivity contribution is -0.182. The standard InChI is InChI=1S/C32H38F2N4O6S2Si/c1-19-13-22(35-15-21-9-8-10-25(42-5)27(21)44-47(6,7)31(2,3)4)16-36-29(19)46(40,41)38-30-37-26(20-11-12-23(33)24(34)14-20)28(45-30)32(39)17-43-18-32/h8-14,16,35,39H,15,17-18H2,1-7H3,(H,37,38). The van der Waals surface area contributed by atoms with Crippen molar-refractivity contribution in [1.29, 1.82) is 0 Å². The van der Waals surface area contributed by atoms with Gasteiger partial charge in [-0.05, 0) is 61.0 Å². The largest absolute Gasteiger partial charge is 0.541 e. The molecule has 0 spiro atoms. The van der Waals surface area contributed by atoms with E-state index in [1.165, 1.54) is 12.3 Å². The van der Waals surface area contributed by atoms with E-state index in [0.29, 0.717) is 29.3 Å². The zero-order valence-electron chi connectivity index (χ0n) is 27.2. The molecular weight excluding hydrogens is 667 g/mol. The van der Waals surface area contributed by atoms with Crippen LogP contribution in [0.4, 0.5) is 19.6 Å². The van der Waals surface area contributed by atoms with Crippen molar-refractivity contribution in [2.45, 2.75) is 63.0 Å². The van der Waals surface area contributed by atoms with Gasteiger partial charge in [-0.25, -0.2) is 18.7 Å². The van der Waals surface area contributed by atoms with E-state index >= 15 is 0 Å². The molecule has 1 saturated heterocycles. The number of aryl methyl sites for hydroxylation is 1. The van der Waals surface area contributed by atoms with Crippen molar-refractivity contribution in [3.05, 3.63) is 76.3 Å². The molecule has 0 aliphatic carbocycles. The van der Waals surface area contributed by atoms with Gasteiger partial charge in [0.05, 0.1) is 42.8 Å². The molecule has 1 fully saturated rings. The first-order chi connectivity index (χ1) is 21.9. The molecule has 2 aromatic heterocycles. The van der Waals surface area contributed by atoms with Gasteiger partial charge in [-0.2, -0.15) is 8.42 Å². The Kier molecular flexibility index (Phi) is 9.42. The second-order valence-electron chi connectivity index (χ2n) is 13.0. The fourth-order valence-electron chi connectivity index (χ4n) is 4.63. The minimum absolute atomic E-state index is 0.0271.